The molecular formula is C16H25NO3. The molecule has 1 unspecified atom stereocenters. The van der Waals surface area contributed by atoms with Gasteiger partial charge in [-0.2, -0.15) is 0 Å². The molecule has 0 fully saturated rings. The summed E-state index contributed by atoms with van der Waals surface area (Å²) < 4.78 is 0. The van der Waals surface area contributed by atoms with Gasteiger partial charge in [0.15, 0.2) is 0 Å². The van der Waals surface area contributed by atoms with Gasteiger partial charge in [0.05, 0.1) is 12.6 Å². The summed E-state index contributed by atoms with van der Waals surface area (Å²) in [6.07, 6.45) is 1.52. The first-order valence-electron chi connectivity index (χ1n) is 6.99. The van der Waals surface area contributed by atoms with Crippen molar-refractivity contribution in [2.45, 2.75) is 46.1 Å². The van der Waals surface area contributed by atoms with Crippen LogP contribution in [-0.4, -0.2) is 28.8 Å². The first-order valence-corrected chi connectivity index (χ1v) is 6.99. The van der Waals surface area contributed by atoms with E-state index >= 15 is 0 Å². The van der Waals surface area contributed by atoms with Crippen LogP contribution in [0.15, 0.2) is 24.3 Å². The minimum Gasteiger partial charge on any atom is -0.508 e. The molecule has 1 rings (SSSR count). The molecule has 0 bridgehead atoms. The van der Waals surface area contributed by atoms with Crippen molar-refractivity contribution in [3.8, 4) is 5.75 Å². The summed E-state index contributed by atoms with van der Waals surface area (Å²) in [5, 5.41) is 21.8. The number of aryl methyl sites for hydroxylation is 1. The van der Waals surface area contributed by atoms with Crippen LogP contribution in [0.4, 0.5) is 0 Å². The maximum Gasteiger partial charge on any atom is 0.220 e. The average Bonchev–Trinajstić information content (AvgIpc) is 2.35. The average molecular weight is 279 g/mol. The molecule has 20 heavy (non-hydrogen) atoms. The van der Waals surface area contributed by atoms with Crippen LogP contribution in [0.25, 0.3) is 0 Å². The van der Waals surface area contributed by atoms with Gasteiger partial charge in [-0.15, -0.1) is 0 Å². The van der Waals surface area contributed by atoms with E-state index in [-0.39, 0.29) is 29.7 Å². The van der Waals surface area contributed by atoms with Gasteiger partial charge < -0.3 is 15.5 Å². The van der Waals surface area contributed by atoms with Crippen molar-refractivity contribution >= 4 is 5.91 Å². The molecule has 0 aliphatic heterocycles. The van der Waals surface area contributed by atoms with Crippen molar-refractivity contribution in [3.05, 3.63) is 29.8 Å². The molecule has 1 aromatic rings. The fraction of sp³-hybridized carbons (Fsp3) is 0.562. The Morgan fingerprint density at radius 3 is 2.50 bits per heavy atom. The number of aromatic hydroxyl groups is 1. The number of para-hydroxylation sites is 1. The molecule has 0 spiro atoms. The Labute approximate surface area is 120 Å². The van der Waals surface area contributed by atoms with Crippen LogP contribution in [0.2, 0.25) is 0 Å². The van der Waals surface area contributed by atoms with E-state index in [1.54, 1.807) is 18.2 Å². The van der Waals surface area contributed by atoms with Crippen molar-refractivity contribution in [2.75, 3.05) is 6.61 Å². The molecule has 0 heterocycles. The largest absolute Gasteiger partial charge is 0.508 e. The predicted molar refractivity (Wildman–Crippen MR) is 79.5 cm³/mol. The summed E-state index contributed by atoms with van der Waals surface area (Å²) >= 11 is 0. The van der Waals surface area contributed by atoms with E-state index < -0.39 is 0 Å². The van der Waals surface area contributed by atoms with Gasteiger partial charge in [-0.1, -0.05) is 39.0 Å². The normalized spacial score (nSPS) is 13.0. The highest BCUT2D eigenvalue weighted by molar-refractivity contribution is 5.76. The Hall–Kier alpha value is -1.55. The molecule has 0 radical (unpaired) electrons. The van der Waals surface area contributed by atoms with Crippen LogP contribution < -0.4 is 5.32 Å². The van der Waals surface area contributed by atoms with Gasteiger partial charge in [-0.05, 0) is 29.9 Å². The summed E-state index contributed by atoms with van der Waals surface area (Å²) in [5.74, 6) is 0.116. The standard InChI is InChI=1S/C16H25NO3/c1-16(2,3)10-13(11-18)17-15(20)9-8-12-6-4-5-7-14(12)19/h4-7,13,18-19H,8-11H2,1-3H3,(H,17,20). The summed E-state index contributed by atoms with van der Waals surface area (Å²) in [4.78, 5) is 11.9. The van der Waals surface area contributed by atoms with Crippen LogP contribution in [0.1, 0.15) is 39.2 Å². The van der Waals surface area contributed by atoms with E-state index in [2.05, 4.69) is 26.1 Å². The maximum atomic E-state index is 11.9. The number of benzene rings is 1. The molecule has 4 heteroatoms. The Kier molecular flexibility index (Phi) is 6.02. The van der Waals surface area contributed by atoms with Crippen LogP contribution in [0.5, 0.6) is 5.75 Å². The third-order valence-corrected chi connectivity index (χ3v) is 3.06. The summed E-state index contributed by atoms with van der Waals surface area (Å²) in [6.45, 7) is 6.16. The van der Waals surface area contributed by atoms with Gasteiger partial charge in [0.2, 0.25) is 5.91 Å². The Bertz CT molecular complexity index is 438. The van der Waals surface area contributed by atoms with Gasteiger partial charge in [0.25, 0.3) is 0 Å². The molecule has 0 aliphatic carbocycles. The van der Waals surface area contributed by atoms with Gasteiger partial charge in [0, 0.05) is 6.42 Å². The predicted octanol–water partition coefficient (Wildman–Crippen LogP) is 2.24. The summed E-state index contributed by atoms with van der Waals surface area (Å²) in [7, 11) is 0. The van der Waals surface area contributed by atoms with Crippen LogP contribution in [0, 0.1) is 5.41 Å². The van der Waals surface area contributed by atoms with E-state index in [1.165, 1.54) is 0 Å². The minimum atomic E-state index is -0.216. The lowest BCUT2D eigenvalue weighted by molar-refractivity contribution is -0.122. The highest BCUT2D eigenvalue weighted by atomic mass is 16.3. The maximum absolute atomic E-state index is 11.9. The highest BCUT2D eigenvalue weighted by Gasteiger charge is 2.19. The quantitative estimate of drug-likeness (QED) is 0.748. The number of carbonyl (C=O) groups is 1. The van der Waals surface area contributed by atoms with Gasteiger partial charge in [0.1, 0.15) is 5.75 Å². The van der Waals surface area contributed by atoms with Crippen LogP contribution in [-0.2, 0) is 11.2 Å². The summed E-state index contributed by atoms with van der Waals surface area (Å²) in [6, 6.07) is 6.80. The number of hydrogen-bond acceptors (Lipinski definition) is 3. The number of hydrogen-bond donors (Lipinski definition) is 3. The third kappa shape index (κ3) is 6.06. The second kappa shape index (κ2) is 7.29. The zero-order chi connectivity index (χ0) is 15.2. The van der Waals surface area contributed by atoms with E-state index in [4.69, 9.17) is 0 Å². The van der Waals surface area contributed by atoms with Gasteiger partial charge >= 0.3 is 0 Å². The molecule has 0 saturated carbocycles. The number of phenolic OH excluding ortho intramolecular Hbond substituents is 1. The molecular weight excluding hydrogens is 254 g/mol. The number of amides is 1. The number of carbonyl (C=O) groups excluding carboxylic acids is 1. The lowest BCUT2D eigenvalue weighted by Crippen LogP contribution is -2.40. The molecule has 1 atom stereocenters. The van der Waals surface area contributed by atoms with Gasteiger partial charge in [-0.25, -0.2) is 0 Å². The molecule has 0 aliphatic rings. The first-order chi connectivity index (χ1) is 9.31. The second-order valence-electron chi connectivity index (χ2n) is 6.34. The van der Waals surface area contributed by atoms with E-state index in [9.17, 15) is 15.0 Å². The monoisotopic (exact) mass is 279 g/mol. The fourth-order valence-electron chi connectivity index (χ4n) is 2.17. The lowest BCUT2D eigenvalue weighted by Gasteiger charge is -2.25. The van der Waals surface area contributed by atoms with Crippen molar-refractivity contribution < 1.29 is 15.0 Å². The molecule has 1 aromatic carbocycles. The van der Waals surface area contributed by atoms with Gasteiger partial charge in [-0.3, -0.25) is 4.79 Å². The third-order valence-electron chi connectivity index (χ3n) is 3.06. The second-order valence-corrected chi connectivity index (χ2v) is 6.34. The fourth-order valence-corrected chi connectivity index (χ4v) is 2.17. The molecule has 0 saturated heterocycles. The number of aliphatic hydroxyl groups is 1. The van der Waals surface area contributed by atoms with E-state index in [0.717, 1.165) is 12.0 Å². The molecule has 3 N–H and O–H groups in total. The number of rotatable bonds is 6. The SMILES string of the molecule is CC(C)(C)CC(CO)NC(=O)CCc1ccccc1O. The first kappa shape index (κ1) is 16.5. The molecule has 1 amide bonds. The molecule has 4 nitrogen and oxygen atoms in total. The van der Waals surface area contributed by atoms with Crippen LogP contribution in [0.3, 0.4) is 0 Å². The number of nitrogens with one attached hydrogen (secondary N) is 1. The Morgan fingerprint density at radius 2 is 1.95 bits per heavy atom. The van der Waals surface area contributed by atoms with Crippen LogP contribution >= 0.6 is 0 Å². The van der Waals surface area contributed by atoms with E-state index in [0.29, 0.717) is 12.8 Å². The van der Waals surface area contributed by atoms with Crippen molar-refractivity contribution in [1.29, 1.82) is 0 Å². The van der Waals surface area contributed by atoms with E-state index in [1.807, 2.05) is 6.07 Å². The molecule has 0 aromatic heterocycles. The van der Waals surface area contributed by atoms with Crippen molar-refractivity contribution in [3.63, 3.8) is 0 Å². The summed E-state index contributed by atoms with van der Waals surface area (Å²) in [5.41, 5.74) is 0.817. The number of phenols is 1. The smallest absolute Gasteiger partial charge is 0.220 e. The lowest BCUT2D eigenvalue weighted by atomic mass is 9.88. The zero-order valence-electron chi connectivity index (χ0n) is 12.5. The Balaban J connectivity index is 2.45. The van der Waals surface area contributed by atoms with Crippen molar-refractivity contribution in [2.24, 2.45) is 5.41 Å². The minimum absolute atomic E-state index is 0.0539. The zero-order valence-corrected chi connectivity index (χ0v) is 12.5. The Morgan fingerprint density at radius 1 is 1.30 bits per heavy atom. The number of aliphatic hydroxyl groups excluding tert-OH is 1. The van der Waals surface area contributed by atoms with Crippen molar-refractivity contribution in [1.82, 2.24) is 5.32 Å². The highest BCUT2D eigenvalue weighted by Crippen LogP contribution is 2.21. The molecule has 112 valence electrons. The topological polar surface area (TPSA) is 69.6 Å².